The molecule has 1 N–H and O–H groups in total. The number of piperazine rings is 1. The van der Waals surface area contributed by atoms with Gasteiger partial charge in [0.15, 0.2) is 0 Å². The van der Waals surface area contributed by atoms with Crippen LogP contribution in [0.1, 0.15) is 65.8 Å². The number of carbonyl (C=O) groups is 1. The molecule has 1 aromatic heterocycles. The Labute approximate surface area is 155 Å². The Kier molecular flexibility index (Phi) is 4.81. The van der Waals surface area contributed by atoms with Crippen molar-refractivity contribution >= 4 is 5.91 Å². The van der Waals surface area contributed by atoms with E-state index in [1.54, 1.807) is 0 Å². The molecule has 1 aromatic carbocycles. The number of aromatic amines is 1. The molecule has 1 amide bonds. The van der Waals surface area contributed by atoms with E-state index in [0.717, 1.165) is 38.4 Å². The van der Waals surface area contributed by atoms with Gasteiger partial charge in [0.2, 0.25) is 0 Å². The Morgan fingerprint density at radius 1 is 1.15 bits per heavy atom. The highest BCUT2D eigenvalue weighted by molar-refractivity contribution is 5.92. The molecule has 4 rings (SSSR count). The zero-order valence-corrected chi connectivity index (χ0v) is 15.7. The molecule has 0 radical (unpaired) electrons. The van der Waals surface area contributed by atoms with Crippen molar-refractivity contribution in [2.45, 2.75) is 45.1 Å². The van der Waals surface area contributed by atoms with Gasteiger partial charge in [-0.05, 0) is 36.0 Å². The van der Waals surface area contributed by atoms with E-state index in [0.29, 0.717) is 17.5 Å². The highest BCUT2D eigenvalue weighted by atomic mass is 16.2. The summed E-state index contributed by atoms with van der Waals surface area (Å²) in [7, 11) is 0. The van der Waals surface area contributed by atoms with E-state index in [1.165, 1.54) is 24.0 Å². The first-order chi connectivity index (χ1) is 12.6. The lowest BCUT2D eigenvalue weighted by Crippen LogP contribution is -2.48. The molecule has 0 unspecified atom stereocenters. The lowest BCUT2D eigenvalue weighted by Gasteiger charge is -2.34. The van der Waals surface area contributed by atoms with E-state index in [1.807, 2.05) is 11.0 Å². The van der Waals surface area contributed by atoms with Crippen molar-refractivity contribution in [3.63, 3.8) is 0 Å². The van der Waals surface area contributed by atoms with Gasteiger partial charge < -0.3 is 4.90 Å². The van der Waals surface area contributed by atoms with Gasteiger partial charge in [-0.15, -0.1) is 0 Å². The molecule has 5 heteroatoms. The zero-order chi connectivity index (χ0) is 18.1. The van der Waals surface area contributed by atoms with Gasteiger partial charge in [0, 0.05) is 44.3 Å². The largest absolute Gasteiger partial charge is 0.335 e. The van der Waals surface area contributed by atoms with Crippen LogP contribution in [0.4, 0.5) is 0 Å². The smallest absolute Gasteiger partial charge is 0.274 e. The average Bonchev–Trinajstić information content (AvgIpc) is 3.39. The summed E-state index contributed by atoms with van der Waals surface area (Å²) in [5.41, 5.74) is 4.42. The van der Waals surface area contributed by atoms with Crippen LogP contribution < -0.4 is 0 Å². The Morgan fingerprint density at radius 2 is 1.85 bits per heavy atom. The van der Waals surface area contributed by atoms with Crippen molar-refractivity contribution in [3.8, 4) is 0 Å². The van der Waals surface area contributed by atoms with Crippen molar-refractivity contribution < 1.29 is 4.79 Å². The molecule has 2 heterocycles. The van der Waals surface area contributed by atoms with Crippen LogP contribution in [0.2, 0.25) is 0 Å². The van der Waals surface area contributed by atoms with E-state index in [-0.39, 0.29) is 5.91 Å². The van der Waals surface area contributed by atoms with E-state index in [4.69, 9.17) is 0 Å². The summed E-state index contributed by atoms with van der Waals surface area (Å²) in [5.74, 6) is 1.23. The third-order valence-corrected chi connectivity index (χ3v) is 5.55. The number of benzene rings is 1. The Morgan fingerprint density at radius 3 is 2.46 bits per heavy atom. The SMILES string of the molecule is CC(C)c1ccc(CN2CCN(C(=O)c3cc(C4CC4)[nH]n3)CC2)cc1. The minimum absolute atomic E-state index is 0.0640. The Bertz CT molecular complexity index is 753. The molecule has 5 nitrogen and oxygen atoms in total. The molecule has 1 saturated carbocycles. The summed E-state index contributed by atoms with van der Waals surface area (Å²) < 4.78 is 0. The fourth-order valence-electron chi connectivity index (χ4n) is 3.59. The van der Waals surface area contributed by atoms with Crippen LogP contribution in [-0.2, 0) is 6.54 Å². The lowest BCUT2D eigenvalue weighted by molar-refractivity contribution is 0.0622. The van der Waals surface area contributed by atoms with Crippen LogP contribution in [0, 0.1) is 0 Å². The Balaban J connectivity index is 1.29. The van der Waals surface area contributed by atoms with Gasteiger partial charge in [-0.1, -0.05) is 38.1 Å². The minimum Gasteiger partial charge on any atom is -0.335 e. The van der Waals surface area contributed by atoms with Crippen LogP contribution in [-0.4, -0.2) is 52.1 Å². The van der Waals surface area contributed by atoms with Crippen molar-refractivity contribution in [1.29, 1.82) is 0 Å². The number of aromatic nitrogens is 2. The van der Waals surface area contributed by atoms with Gasteiger partial charge >= 0.3 is 0 Å². The summed E-state index contributed by atoms with van der Waals surface area (Å²) in [5, 5.41) is 7.27. The summed E-state index contributed by atoms with van der Waals surface area (Å²) in [6, 6.07) is 10.9. The van der Waals surface area contributed by atoms with Crippen LogP contribution in [0.25, 0.3) is 0 Å². The van der Waals surface area contributed by atoms with E-state index >= 15 is 0 Å². The van der Waals surface area contributed by atoms with Gasteiger partial charge in [0.25, 0.3) is 5.91 Å². The standard InChI is InChI=1S/C21H28N4O/c1-15(2)17-5-3-16(4-6-17)14-24-9-11-25(12-10-24)21(26)20-13-19(22-23-20)18-7-8-18/h3-6,13,15,18H,7-12,14H2,1-2H3,(H,22,23). The number of nitrogens with zero attached hydrogens (tertiary/aromatic N) is 3. The highest BCUT2D eigenvalue weighted by Crippen LogP contribution is 2.39. The molecule has 0 bridgehead atoms. The van der Waals surface area contributed by atoms with Gasteiger partial charge in [0.05, 0.1) is 0 Å². The third-order valence-electron chi connectivity index (χ3n) is 5.55. The second kappa shape index (κ2) is 7.23. The molecular weight excluding hydrogens is 324 g/mol. The topological polar surface area (TPSA) is 52.2 Å². The number of amides is 1. The monoisotopic (exact) mass is 352 g/mol. The van der Waals surface area contributed by atoms with E-state index in [9.17, 15) is 4.79 Å². The molecule has 0 spiro atoms. The summed E-state index contributed by atoms with van der Waals surface area (Å²) >= 11 is 0. The first kappa shape index (κ1) is 17.3. The van der Waals surface area contributed by atoms with Crippen LogP contribution in [0.3, 0.4) is 0 Å². The number of H-pyrrole nitrogens is 1. The van der Waals surface area contributed by atoms with Gasteiger partial charge in [-0.25, -0.2) is 0 Å². The predicted octanol–water partition coefficient (Wildman–Crippen LogP) is 3.37. The second-order valence-electron chi connectivity index (χ2n) is 7.95. The molecule has 1 aliphatic heterocycles. The highest BCUT2D eigenvalue weighted by Gasteiger charge is 2.28. The summed E-state index contributed by atoms with van der Waals surface area (Å²) in [4.78, 5) is 17.0. The average molecular weight is 352 g/mol. The molecule has 138 valence electrons. The van der Waals surface area contributed by atoms with Crippen LogP contribution in [0.15, 0.2) is 30.3 Å². The van der Waals surface area contributed by atoms with Crippen LogP contribution >= 0.6 is 0 Å². The van der Waals surface area contributed by atoms with Gasteiger partial charge in [-0.2, -0.15) is 5.10 Å². The van der Waals surface area contributed by atoms with Crippen molar-refractivity contribution in [1.82, 2.24) is 20.0 Å². The molecule has 0 atom stereocenters. The minimum atomic E-state index is 0.0640. The molecule has 1 aliphatic carbocycles. The number of rotatable bonds is 5. The number of hydrogen-bond acceptors (Lipinski definition) is 3. The molecule has 2 fully saturated rings. The predicted molar refractivity (Wildman–Crippen MR) is 102 cm³/mol. The maximum Gasteiger partial charge on any atom is 0.274 e. The van der Waals surface area contributed by atoms with Crippen LogP contribution in [0.5, 0.6) is 0 Å². The first-order valence-electron chi connectivity index (χ1n) is 9.76. The maximum atomic E-state index is 12.6. The number of carbonyl (C=O) groups excluding carboxylic acids is 1. The third kappa shape index (κ3) is 3.83. The fourth-order valence-corrected chi connectivity index (χ4v) is 3.59. The summed E-state index contributed by atoms with van der Waals surface area (Å²) in [6.07, 6.45) is 2.43. The fraction of sp³-hybridized carbons (Fsp3) is 0.524. The number of hydrogen-bond donors (Lipinski definition) is 1. The lowest BCUT2D eigenvalue weighted by atomic mass is 10.0. The van der Waals surface area contributed by atoms with Crippen molar-refractivity contribution in [3.05, 3.63) is 52.8 Å². The van der Waals surface area contributed by atoms with Crippen molar-refractivity contribution in [2.75, 3.05) is 26.2 Å². The second-order valence-corrected chi connectivity index (χ2v) is 7.95. The van der Waals surface area contributed by atoms with E-state index < -0.39 is 0 Å². The zero-order valence-electron chi connectivity index (χ0n) is 15.7. The number of nitrogens with one attached hydrogen (secondary N) is 1. The first-order valence-corrected chi connectivity index (χ1v) is 9.76. The molecule has 1 saturated heterocycles. The normalized spacial score (nSPS) is 18.5. The quantitative estimate of drug-likeness (QED) is 0.898. The van der Waals surface area contributed by atoms with Gasteiger partial charge in [-0.3, -0.25) is 14.8 Å². The molecule has 26 heavy (non-hydrogen) atoms. The molecular formula is C21H28N4O. The molecule has 2 aliphatic rings. The maximum absolute atomic E-state index is 12.6. The van der Waals surface area contributed by atoms with E-state index in [2.05, 4.69) is 53.2 Å². The van der Waals surface area contributed by atoms with Gasteiger partial charge in [0.1, 0.15) is 5.69 Å². The summed E-state index contributed by atoms with van der Waals surface area (Å²) in [6.45, 7) is 8.77. The molecule has 2 aromatic rings. The Hall–Kier alpha value is -2.14. The van der Waals surface area contributed by atoms with Crippen molar-refractivity contribution in [2.24, 2.45) is 0 Å².